The van der Waals surface area contributed by atoms with Gasteiger partial charge in [0.2, 0.25) is 0 Å². The van der Waals surface area contributed by atoms with E-state index in [1.165, 1.54) is 12.1 Å². The monoisotopic (exact) mass is 285 g/mol. The van der Waals surface area contributed by atoms with Crippen molar-refractivity contribution in [3.05, 3.63) is 75.8 Å². The molecule has 0 saturated carbocycles. The summed E-state index contributed by atoms with van der Waals surface area (Å²) in [5.74, 6) is -0.327. The summed E-state index contributed by atoms with van der Waals surface area (Å²) in [5, 5.41) is 10.6. The van der Waals surface area contributed by atoms with Gasteiger partial charge in [-0.1, -0.05) is 30.3 Å². The summed E-state index contributed by atoms with van der Waals surface area (Å²) in [6, 6.07) is 15.3. The molecule has 0 spiro atoms. The minimum absolute atomic E-state index is 0.0153. The maximum atomic E-state index is 11.8. The summed E-state index contributed by atoms with van der Waals surface area (Å²) < 4.78 is 5.33. The summed E-state index contributed by atoms with van der Waals surface area (Å²) in [7, 11) is 0. The molecule has 0 heterocycles. The SMILES string of the molecule is C[C@@H](OC(=O)Cc1ccccc1)c1ccc([N+](=O)[O-])cc1. The maximum Gasteiger partial charge on any atom is 0.310 e. The predicted octanol–water partition coefficient (Wildman–Crippen LogP) is 3.44. The normalized spacial score (nSPS) is 11.7. The molecule has 0 aliphatic rings. The molecule has 0 fully saturated rings. The highest BCUT2D eigenvalue weighted by Gasteiger charge is 2.13. The average Bonchev–Trinajstić information content (AvgIpc) is 2.48. The van der Waals surface area contributed by atoms with E-state index in [1.807, 2.05) is 30.3 Å². The molecular weight excluding hydrogens is 270 g/mol. The van der Waals surface area contributed by atoms with Crippen LogP contribution in [0.5, 0.6) is 0 Å². The number of non-ortho nitro benzene ring substituents is 1. The fourth-order valence-electron chi connectivity index (χ4n) is 1.94. The largest absolute Gasteiger partial charge is 0.458 e. The highest BCUT2D eigenvalue weighted by atomic mass is 16.6. The lowest BCUT2D eigenvalue weighted by atomic mass is 10.1. The summed E-state index contributed by atoms with van der Waals surface area (Å²) in [6.07, 6.45) is -0.236. The Balaban J connectivity index is 1.95. The summed E-state index contributed by atoms with van der Waals surface area (Å²) in [6.45, 7) is 1.74. The van der Waals surface area contributed by atoms with Crippen LogP contribution in [0.1, 0.15) is 24.2 Å². The standard InChI is InChI=1S/C16H15NO4/c1-12(14-7-9-15(10-8-14)17(19)20)21-16(18)11-13-5-3-2-4-6-13/h2-10,12H,11H2,1H3/t12-/m1/s1. The van der Waals surface area contributed by atoms with Crippen molar-refractivity contribution < 1.29 is 14.5 Å². The van der Waals surface area contributed by atoms with Crippen LogP contribution in [0.4, 0.5) is 5.69 Å². The van der Waals surface area contributed by atoms with Crippen molar-refractivity contribution in [1.29, 1.82) is 0 Å². The van der Waals surface area contributed by atoms with Crippen molar-refractivity contribution >= 4 is 11.7 Å². The van der Waals surface area contributed by atoms with Crippen LogP contribution < -0.4 is 0 Å². The van der Waals surface area contributed by atoms with Crippen LogP contribution >= 0.6 is 0 Å². The smallest absolute Gasteiger partial charge is 0.310 e. The van der Waals surface area contributed by atoms with Crippen molar-refractivity contribution in [3.63, 3.8) is 0 Å². The van der Waals surface area contributed by atoms with Crippen LogP contribution in [0, 0.1) is 10.1 Å². The summed E-state index contributed by atoms with van der Waals surface area (Å²) >= 11 is 0. The van der Waals surface area contributed by atoms with Gasteiger partial charge >= 0.3 is 5.97 Å². The molecule has 0 saturated heterocycles. The number of ether oxygens (including phenoxy) is 1. The van der Waals surface area contributed by atoms with Crippen molar-refractivity contribution in [2.24, 2.45) is 0 Å². The number of carbonyl (C=O) groups is 1. The molecule has 0 radical (unpaired) electrons. The molecule has 0 aliphatic heterocycles. The van der Waals surface area contributed by atoms with E-state index in [1.54, 1.807) is 19.1 Å². The Hall–Kier alpha value is -2.69. The lowest BCUT2D eigenvalue weighted by Gasteiger charge is -2.13. The van der Waals surface area contributed by atoms with Crippen LogP contribution in [0.2, 0.25) is 0 Å². The van der Waals surface area contributed by atoms with Crippen LogP contribution in [0.25, 0.3) is 0 Å². The van der Waals surface area contributed by atoms with Gasteiger partial charge in [0.05, 0.1) is 11.3 Å². The van der Waals surface area contributed by atoms with E-state index < -0.39 is 11.0 Å². The first-order valence-corrected chi connectivity index (χ1v) is 6.54. The Morgan fingerprint density at radius 3 is 2.33 bits per heavy atom. The number of esters is 1. The second-order valence-corrected chi connectivity index (χ2v) is 4.64. The lowest BCUT2D eigenvalue weighted by molar-refractivity contribution is -0.384. The number of nitro groups is 1. The molecule has 2 aromatic rings. The summed E-state index contributed by atoms with van der Waals surface area (Å²) in [4.78, 5) is 22.0. The van der Waals surface area contributed by atoms with E-state index in [2.05, 4.69) is 0 Å². The first-order valence-electron chi connectivity index (χ1n) is 6.54. The minimum Gasteiger partial charge on any atom is -0.458 e. The number of nitro benzene ring substituents is 1. The fourth-order valence-corrected chi connectivity index (χ4v) is 1.94. The van der Waals surface area contributed by atoms with Crippen LogP contribution in [0.15, 0.2) is 54.6 Å². The van der Waals surface area contributed by atoms with Gasteiger partial charge in [-0.2, -0.15) is 0 Å². The Bertz CT molecular complexity index is 622. The van der Waals surface area contributed by atoms with Gasteiger partial charge in [-0.25, -0.2) is 0 Å². The van der Waals surface area contributed by atoms with Gasteiger partial charge in [-0.05, 0) is 30.2 Å². The molecule has 0 aliphatic carbocycles. The Kier molecular flexibility index (Phi) is 4.66. The van der Waals surface area contributed by atoms with E-state index in [-0.39, 0.29) is 18.1 Å². The quantitative estimate of drug-likeness (QED) is 0.479. The van der Waals surface area contributed by atoms with Crippen molar-refractivity contribution in [1.82, 2.24) is 0 Å². The van der Waals surface area contributed by atoms with E-state index in [0.29, 0.717) is 0 Å². The second kappa shape index (κ2) is 6.65. The first-order chi connectivity index (χ1) is 10.1. The summed E-state index contributed by atoms with van der Waals surface area (Å²) in [5.41, 5.74) is 1.63. The first kappa shape index (κ1) is 14.7. The minimum atomic E-state index is -0.462. The van der Waals surface area contributed by atoms with Crippen molar-refractivity contribution in [3.8, 4) is 0 Å². The van der Waals surface area contributed by atoms with Gasteiger partial charge in [0.25, 0.3) is 5.69 Å². The van der Waals surface area contributed by atoms with E-state index in [4.69, 9.17) is 4.74 Å². The Labute approximate surface area is 122 Å². The number of benzene rings is 2. The molecule has 0 amide bonds. The van der Waals surface area contributed by atoms with Gasteiger partial charge in [-0.15, -0.1) is 0 Å². The third kappa shape index (κ3) is 4.14. The third-order valence-electron chi connectivity index (χ3n) is 3.07. The van der Waals surface area contributed by atoms with Crippen LogP contribution in [0.3, 0.4) is 0 Å². The molecule has 5 nitrogen and oxygen atoms in total. The molecule has 0 bridgehead atoms. The van der Waals surface area contributed by atoms with E-state index in [0.717, 1.165) is 11.1 Å². The number of nitrogens with zero attached hydrogens (tertiary/aromatic N) is 1. The molecule has 5 heteroatoms. The second-order valence-electron chi connectivity index (χ2n) is 4.64. The van der Waals surface area contributed by atoms with Crippen molar-refractivity contribution in [2.45, 2.75) is 19.4 Å². The third-order valence-corrected chi connectivity index (χ3v) is 3.07. The molecule has 2 aromatic carbocycles. The molecule has 0 unspecified atom stereocenters. The fraction of sp³-hybridized carbons (Fsp3) is 0.188. The van der Waals surface area contributed by atoms with Crippen LogP contribution in [-0.4, -0.2) is 10.9 Å². The van der Waals surface area contributed by atoms with E-state index in [9.17, 15) is 14.9 Å². The predicted molar refractivity (Wildman–Crippen MR) is 77.7 cm³/mol. The van der Waals surface area contributed by atoms with Gasteiger partial charge in [0, 0.05) is 12.1 Å². The number of carbonyl (C=O) groups excluding carboxylic acids is 1. The van der Waals surface area contributed by atoms with Gasteiger partial charge in [0.15, 0.2) is 0 Å². The molecule has 1 atom stereocenters. The zero-order chi connectivity index (χ0) is 15.2. The number of rotatable bonds is 5. The highest BCUT2D eigenvalue weighted by Crippen LogP contribution is 2.20. The molecule has 0 aromatic heterocycles. The lowest BCUT2D eigenvalue weighted by Crippen LogP contribution is -2.11. The molecule has 108 valence electrons. The number of hydrogen-bond donors (Lipinski definition) is 0. The highest BCUT2D eigenvalue weighted by molar-refractivity contribution is 5.72. The van der Waals surface area contributed by atoms with Crippen molar-refractivity contribution in [2.75, 3.05) is 0 Å². The van der Waals surface area contributed by atoms with Gasteiger partial charge in [0.1, 0.15) is 6.10 Å². The van der Waals surface area contributed by atoms with E-state index >= 15 is 0 Å². The molecular formula is C16H15NO4. The molecule has 0 N–H and O–H groups in total. The average molecular weight is 285 g/mol. The number of hydrogen-bond acceptors (Lipinski definition) is 4. The maximum absolute atomic E-state index is 11.8. The Morgan fingerprint density at radius 1 is 1.14 bits per heavy atom. The topological polar surface area (TPSA) is 69.4 Å². The molecule has 21 heavy (non-hydrogen) atoms. The zero-order valence-corrected chi connectivity index (χ0v) is 11.6. The van der Waals surface area contributed by atoms with Gasteiger partial charge in [-0.3, -0.25) is 14.9 Å². The molecule has 2 rings (SSSR count). The zero-order valence-electron chi connectivity index (χ0n) is 11.6. The van der Waals surface area contributed by atoms with Gasteiger partial charge < -0.3 is 4.74 Å². The van der Waals surface area contributed by atoms with Crippen LogP contribution in [-0.2, 0) is 16.0 Å². The Morgan fingerprint density at radius 2 is 1.76 bits per heavy atom.